The minimum Gasteiger partial charge on any atom is -0.492 e. The first kappa shape index (κ1) is 28.8. The van der Waals surface area contributed by atoms with Gasteiger partial charge in [-0.3, -0.25) is 29.9 Å². The molecule has 1 aromatic carbocycles. The van der Waals surface area contributed by atoms with Crippen molar-refractivity contribution in [1.29, 1.82) is 0 Å². The third kappa shape index (κ3) is 5.98. The fourth-order valence-electron chi connectivity index (χ4n) is 6.86. The van der Waals surface area contributed by atoms with E-state index in [-0.39, 0.29) is 5.82 Å². The van der Waals surface area contributed by atoms with Gasteiger partial charge in [-0.15, -0.1) is 0 Å². The van der Waals surface area contributed by atoms with Crippen molar-refractivity contribution in [2.75, 3.05) is 39.3 Å². The van der Waals surface area contributed by atoms with Crippen molar-refractivity contribution in [2.24, 2.45) is 0 Å². The summed E-state index contributed by atoms with van der Waals surface area (Å²) in [6, 6.07) is 13.0. The van der Waals surface area contributed by atoms with Crippen LogP contribution in [-0.2, 0) is 6.54 Å². The van der Waals surface area contributed by atoms with E-state index >= 15 is 0 Å². The Kier molecular flexibility index (Phi) is 7.89. The average molecular weight is 617 g/mol. The molecule has 6 aromatic rings. The van der Waals surface area contributed by atoms with Gasteiger partial charge in [-0.25, -0.2) is 4.39 Å². The number of hydrogen-bond acceptors (Lipinski definition) is 7. The molecule has 2 aliphatic rings. The number of hydrogen-bond donors (Lipinski definition) is 2. The number of halogens is 1. The molecular weight excluding hydrogens is 579 g/mol. The number of nitrogens with one attached hydrogen (secondary N) is 2. The van der Waals surface area contributed by atoms with Gasteiger partial charge in [0.05, 0.1) is 28.8 Å². The van der Waals surface area contributed by atoms with Crippen molar-refractivity contribution in [3.63, 3.8) is 0 Å². The van der Waals surface area contributed by atoms with Crippen molar-refractivity contribution in [2.45, 2.75) is 38.6 Å². The van der Waals surface area contributed by atoms with Crippen LogP contribution in [0.25, 0.3) is 55.7 Å². The summed E-state index contributed by atoms with van der Waals surface area (Å²) in [4.78, 5) is 22.3. The van der Waals surface area contributed by atoms with Crippen molar-refractivity contribution < 1.29 is 9.13 Å². The van der Waals surface area contributed by atoms with E-state index in [4.69, 9.17) is 9.72 Å². The lowest BCUT2D eigenvalue weighted by Crippen LogP contribution is -2.29. The number of H-pyrrole nitrogens is 2. The second-order valence-corrected chi connectivity index (χ2v) is 12.5. The first-order chi connectivity index (χ1) is 22.7. The van der Waals surface area contributed by atoms with Crippen molar-refractivity contribution in [1.82, 2.24) is 39.9 Å². The van der Waals surface area contributed by atoms with Gasteiger partial charge >= 0.3 is 0 Å². The third-order valence-electron chi connectivity index (χ3n) is 9.22. The summed E-state index contributed by atoms with van der Waals surface area (Å²) in [6.45, 7) is 6.76. The minimum atomic E-state index is -0.351. The van der Waals surface area contributed by atoms with E-state index in [1.807, 2.05) is 36.8 Å². The molecular formula is C36H37FN8O. The van der Waals surface area contributed by atoms with Gasteiger partial charge in [0.2, 0.25) is 0 Å². The van der Waals surface area contributed by atoms with Gasteiger partial charge in [0, 0.05) is 65.2 Å². The Hall–Kier alpha value is -4.67. The number of pyridine rings is 3. The fraction of sp³-hybridized carbons (Fsp3) is 0.333. The second-order valence-electron chi connectivity index (χ2n) is 12.5. The molecule has 0 unspecified atom stereocenters. The Morgan fingerprint density at radius 1 is 0.761 bits per heavy atom. The number of fused-ring (bicyclic) bond motifs is 2. The number of ether oxygens (including phenoxy) is 1. The number of benzene rings is 1. The Balaban J connectivity index is 1.08. The van der Waals surface area contributed by atoms with Gasteiger partial charge < -0.3 is 9.72 Å². The summed E-state index contributed by atoms with van der Waals surface area (Å²) in [7, 11) is 0. The molecule has 0 radical (unpaired) electrons. The maximum Gasteiger partial charge on any atom is 0.127 e. The van der Waals surface area contributed by atoms with Crippen LogP contribution in [0.15, 0.2) is 67.3 Å². The van der Waals surface area contributed by atoms with Gasteiger partial charge in [0.15, 0.2) is 0 Å². The van der Waals surface area contributed by atoms with Gasteiger partial charge in [-0.2, -0.15) is 5.10 Å². The summed E-state index contributed by atoms with van der Waals surface area (Å²) in [5, 5.41) is 9.63. The first-order valence-electron chi connectivity index (χ1n) is 16.3. The highest BCUT2D eigenvalue weighted by Crippen LogP contribution is 2.35. The van der Waals surface area contributed by atoms with E-state index in [0.717, 1.165) is 83.7 Å². The maximum atomic E-state index is 14.8. The van der Waals surface area contributed by atoms with Crippen molar-refractivity contribution >= 4 is 21.8 Å². The molecule has 0 bridgehead atoms. The van der Waals surface area contributed by atoms with Crippen LogP contribution in [0.4, 0.5) is 4.39 Å². The quantitative estimate of drug-likeness (QED) is 0.184. The van der Waals surface area contributed by atoms with E-state index < -0.39 is 0 Å². The molecule has 9 nitrogen and oxygen atoms in total. The predicted molar refractivity (Wildman–Crippen MR) is 178 cm³/mol. The third-order valence-corrected chi connectivity index (χ3v) is 9.22. The summed E-state index contributed by atoms with van der Waals surface area (Å²) in [5.41, 5.74) is 7.73. The van der Waals surface area contributed by atoms with Crippen LogP contribution in [0.5, 0.6) is 5.75 Å². The number of piperidine rings is 1. The predicted octanol–water partition coefficient (Wildman–Crippen LogP) is 6.83. The van der Waals surface area contributed by atoms with Crippen molar-refractivity contribution in [3.05, 3.63) is 78.6 Å². The van der Waals surface area contributed by atoms with Gasteiger partial charge in [0.25, 0.3) is 0 Å². The molecule has 2 aliphatic heterocycles. The molecule has 10 heteroatoms. The van der Waals surface area contributed by atoms with Gasteiger partial charge in [0.1, 0.15) is 23.9 Å². The van der Waals surface area contributed by atoms with E-state index in [0.29, 0.717) is 23.6 Å². The number of likely N-dealkylation sites (tertiary alicyclic amines) is 2. The summed E-state index contributed by atoms with van der Waals surface area (Å²) in [5.74, 6) is 0.160. The monoisotopic (exact) mass is 616 g/mol. The Bertz CT molecular complexity index is 1990. The highest BCUT2D eigenvalue weighted by atomic mass is 19.1. The normalized spacial score (nSPS) is 16.1. The van der Waals surface area contributed by atoms with Crippen LogP contribution in [0.3, 0.4) is 0 Å². The standard InChI is InChI=1S/C36H37FN8O/c37-27-15-25(16-28(17-27)46-13-12-44-8-4-5-9-44)35-29-19-33(41-31(29)6-7-39-35)36-30-18-32(40-22-34(30)42-43-36)26-14-24(20-38-21-26)23-45-10-2-1-3-11-45/h6-7,14-22,41H,1-5,8-13,23H2,(H,42,43). The first-order valence-corrected chi connectivity index (χ1v) is 16.3. The number of nitrogens with zero attached hydrogens (tertiary/aromatic N) is 6. The molecule has 5 aromatic heterocycles. The van der Waals surface area contributed by atoms with Crippen LogP contribution >= 0.6 is 0 Å². The van der Waals surface area contributed by atoms with Crippen LogP contribution in [-0.4, -0.2) is 79.3 Å². The molecule has 234 valence electrons. The van der Waals surface area contributed by atoms with Gasteiger partial charge in [-0.1, -0.05) is 6.42 Å². The Morgan fingerprint density at radius 3 is 2.48 bits per heavy atom. The largest absolute Gasteiger partial charge is 0.492 e. The molecule has 2 fully saturated rings. The zero-order valence-electron chi connectivity index (χ0n) is 25.8. The lowest BCUT2D eigenvalue weighted by molar-refractivity contribution is 0.220. The lowest BCUT2D eigenvalue weighted by atomic mass is 10.1. The molecule has 0 aliphatic carbocycles. The average Bonchev–Trinajstić information content (AvgIpc) is 3.85. The minimum absolute atomic E-state index is 0.351. The molecule has 0 amide bonds. The van der Waals surface area contributed by atoms with E-state index in [1.54, 1.807) is 6.20 Å². The zero-order chi connectivity index (χ0) is 30.9. The lowest BCUT2D eigenvalue weighted by Gasteiger charge is -2.26. The number of aromatic nitrogens is 6. The summed E-state index contributed by atoms with van der Waals surface area (Å²) < 4.78 is 20.8. The SMILES string of the molecule is Fc1cc(OCCN2CCCC2)cc(-c2nccc3[nH]c(-c4n[nH]c5cnc(-c6cncc(CN7CCCCC7)c6)cc45)cc23)c1. The maximum absolute atomic E-state index is 14.8. The van der Waals surface area contributed by atoms with Gasteiger partial charge in [-0.05, 0) is 93.8 Å². The number of rotatable bonds is 9. The van der Waals surface area contributed by atoms with E-state index in [2.05, 4.69) is 47.1 Å². The highest BCUT2D eigenvalue weighted by molar-refractivity contribution is 6.00. The van der Waals surface area contributed by atoms with E-state index in [1.165, 1.54) is 49.8 Å². The fourth-order valence-corrected chi connectivity index (χ4v) is 6.86. The Labute approximate surface area is 266 Å². The number of aromatic amines is 2. The molecule has 0 atom stereocenters. The highest BCUT2D eigenvalue weighted by Gasteiger charge is 2.18. The molecule has 0 spiro atoms. The molecule has 46 heavy (non-hydrogen) atoms. The van der Waals surface area contributed by atoms with Crippen LogP contribution in [0.2, 0.25) is 0 Å². The van der Waals surface area contributed by atoms with Crippen LogP contribution < -0.4 is 4.74 Å². The van der Waals surface area contributed by atoms with Crippen LogP contribution in [0, 0.1) is 5.82 Å². The summed E-state index contributed by atoms with van der Waals surface area (Å²) in [6.07, 6.45) is 13.7. The van der Waals surface area contributed by atoms with E-state index in [9.17, 15) is 4.39 Å². The Morgan fingerprint density at radius 2 is 1.59 bits per heavy atom. The zero-order valence-corrected chi connectivity index (χ0v) is 25.8. The van der Waals surface area contributed by atoms with Crippen LogP contribution in [0.1, 0.15) is 37.7 Å². The molecule has 2 saturated heterocycles. The molecule has 8 rings (SSSR count). The smallest absolute Gasteiger partial charge is 0.127 e. The topological polar surface area (TPSA) is 98.8 Å². The molecule has 7 heterocycles. The summed E-state index contributed by atoms with van der Waals surface area (Å²) >= 11 is 0. The molecule has 2 N–H and O–H groups in total. The molecule has 0 saturated carbocycles. The second kappa shape index (κ2) is 12.6. The van der Waals surface area contributed by atoms with Crippen molar-refractivity contribution in [3.8, 4) is 39.7 Å².